The van der Waals surface area contributed by atoms with Crippen molar-refractivity contribution in [3.8, 4) is 0 Å². The molecule has 0 atom stereocenters. The Kier molecular flexibility index (Phi) is 3.41. The second-order valence-electron chi connectivity index (χ2n) is 3.92. The molecule has 0 bridgehead atoms. The lowest BCUT2D eigenvalue weighted by atomic mass is 10.3. The molecule has 0 radical (unpaired) electrons. The van der Waals surface area contributed by atoms with E-state index in [9.17, 15) is 0 Å². The van der Waals surface area contributed by atoms with Crippen LogP contribution in [0.25, 0.3) is 0 Å². The van der Waals surface area contributed by atoms with Crippen LogP contribution in [-0.2, 0) is 13.1 Å². The van der Waals surface area contributed by atoms with Crippen LogP contribution >= 0.6 is 0 Å². The van der Waals surface area contributed by atoms with Crippen molar-refractivity contribution < 1.29 is 4.42 Å². The Hall–Kier alpha value is -1.55. The van der Waals surface area contributed by atoms with Gasteiger partial charge in [-0.25, -0.2) is 4.98 Å². The highest BCUT2D eigenvalue weighted by Crippen LogP contribution is 2.03. The molecule has 1 N–H and O–H groups in total. The molecule has 86 valence electrons. The first-order valence-electron chi connectivity index (χ1n) is 5.47. The van der Waals surface area contributed by atoms with Crippen LogP contribution in [0.4, 0.5) is 0 Å². The van der Waals surface area contributed by atoms with E-state index in [1.54, 1.807) is 12.5 Å². The first-order chi connectivity index (χ1) is 7.77. The number of imidazole rings is 1. The molecule has 2 rings (SSSR count). The summed E-state index contributed by atoms with van der Waals surface area (Å²) in [5.41, 5.74) is 3.53. The summed E-state index contributed by atoms with van der Waals surface area (Å²) in [5, 5.41) is 3.36. The van der Waals surface area contributed by atoms with E-state index in [1.165, 1.54) is 11.3 Å². The number of hydrogen-bond acceptors (Lipinski definition) is 3. The molecule has 0 fully saturated rings. The predicted molar refractivity (Wildman–Crippen MR) is 62.1 cm³/mol. The molecule has 16 heavy (non-hydrogen) atoms. The van der Waals surface area contributed by atoms with Crippen LogP contribution < -0.4 is 5.32 Å². The van der Waals surface area contributed by atoms with Gasteiger partial charge in [-0.1, -0.05) is 0 Å². The largest absolute Gasteiger partial charge is 0.472 e. The highest BCUT2D eigenvalue weighted by atomic mass is 16.3. The number of aromatic nitrogens is 2. The summed E-state index contributed by atoms with van der Waals surface area (Å²) in [5.74, 6) is 0. The van der Waals surface area contributed by atoms with Crippen molar-refractivity contribution in [2.24, 2.45) is 0 Å². The average Bonchev–Trinajstić information content (AvgIpc) is 2.88. The van der Waals surface area contributed by atoms with Crippen LogP contribution in [0.1, 0.15) is 17.0 Å². The van der Waals surface area contributed by atoms with Crippen LogP contribution in [-0.4, -0.2) is 16.1 Å². The molecule has 0 amide bonds. The van der Waals surface area contributed by atoms with Crippen LogP contribution in [0.2, 0.25) is 0 Å². The molecule has 0 aliphatic carbocycles. The van der Waals surface area contributed by atoms with Gasteiger partial charge in [0.1, 0.15) is 0 Å². The van der Waals surface area contributed by atoms with Gasteiger partial charge in [-0.05, 0) is 19.9 Å². The normalized spacial score (nSPS) is 10.9. The van der Waals surface area contributed by atoms with Gasteiger partial charge in [-0.15, -0.1) is 0 Å². The van der Waals surface area contributed by atoms with Gasteiger partial charge in [-0.2, -0.15) is 0 Å². The Morgan fingerprint density at radius 3 is 2.94 bits per heavy atom. The van der Waals surface area contributed by atoms with E-state index in [0.29, 0.717) is 0 Å². The summed E-state index contributed by atoms with van der Waals surface area (Å²) in [6, 6.07) is 1.97. The van der Waals surface area contributed by atoms with Gasteiger partial charge in [0.2, 0.25) is 0 Å². The number of rotatable bonds is 5. The van der Waals surface area contributed by atoms with Gasteiger partial charge in [-0.3, -0.25) is 0 Å². The molecule has 4 heteroatoms. The first kappa shape index (κ1) is 11.0. The van der Waals surface area contributed by atoms with E-state index in [4.69, 9.17) is 4.42 Å². The van der Waals surface area contributed by atoms with Gasteiger partial charge < -0.3 is 14.3 Å². The molecule has 0 aliphatic heterocycles. The van der Waals surface area contributed by atoms with Crippen molar-refractivity contribution in [1.29, 1.82) is 0 Å². The lowest BCUT2D eigenvalue weighted by Gasteiger charge is -2.06. The molecular weight excluding hydrogens is 202 g/mol. The SMILES string of the molecule is Cc1ncn(CCNCc2ccoc2)c1C. The van der Waals surface area contributed by atoms with Gasteiger partial charge in [0, 0.05) is 30.9 Å². The summed E-state index contributed by atoms with van der Waals surface area (Å²) in [4.78, 5) is 4.26. The van der Waals surface area contributed by atoms with Crippen molar-refractivity contribution in [2.45, 2.75) is 26.9 Å². The van der Waals surface area contributed by atoms with Gasteiger partial charge in [0.15, 0.2) is 0 Å². The predicted octanol–water partition coefficient (Wildman–Crippen LogP) is 1.88. The number of aryl methyl sites for hydroxylation is 1. The minimum absolute atomic E-state index is 0.850. The zero-order valence-corrected chi connectivity index (χ0v) is 9.73. The molecule has 0 aliphatic rings. The smallest absolute Gasteiger partial charge is 0.0951 e. The number of hydrogen-bond donors (Lipinski definition) is 1. The van der Waals surface area contributed by atoms with Gasteiger partial charge in [0.25, 0.3) is 0 Å². The molecule has 2 aromatic rings. The minimum atomic E-state index is 0.850. The van der Waals surface area contributed by atoms with Crippen molar-refractivity contribution in [1.82, 2.24) is 14.9 Å². The Morgan fingerprint density at radius 2 is 2.31 bits per heavy atom. The summed E-state index contributed by atoms with van der Waals surface area (Å²) < 4.78 is 7.16. The summed E-state index contributed by atoms with van der Waals surface area (Å²) in [6.45, 7) is 6.86. The lowest BCUT2D eigenvalue weighted by Crippen LogP contribution is -2.19. The second kappa shape index (κ2) is 4.99. The third-order valence-corrected chi connectivity index (χ3v) is 2.78. The quantitative estimate of drug-likeness (QED) is 0.781. The number of nitrogens with one attached hydrogen (secondary N) is 1. The Bertz CT molecular complexity index is 431. The molecule has 0 saturated carbocycles. The van der Waals surface area contributed by atoms with Crippen LogP contribution in [0.15, 0.2) is 29.3 Å². The fraction of sp³-hybridized carbons (Fsp3) is 0.417. The number of nitrogens with zero attached hydrogens (tertiary/aromatic N) is 2. The molecule has 2 aromatic heterocycles. The van der Waals surface area contributed by atoms with Crippen LogP contribution in [0.5, 0.6) is 0 Å². The molecule has 2 heterocycles. The summed E-state index contributed by atoms with van der Waals surface area (Å²) in [7, 11) is 0. The molecule has 0 spiro atoms. The highest BCUT2D eigenvalue weighted by Gasteiger charge is 2.00. The summed E-state index contributed by atoms with van der Waals surface area (Å²) in [6.07, 6.45) is 5.35. The van der Waals surface area contributed by atoms with Crippen molar-refractivity contribution in [2.75, 3.05) is 6.54 Å². The van der Waals surface area contributed by atoms with E-state index in [1.807, 2.05) is 19.3 Å². The Morgan fingerprint density at radius 1 is 1.44 bits per heavy atom. The van der Waals surface area contributed by atoms with E-state index in [-0.39, 0.29) is 0 Å². The highest BCUT2D eigenvalue weighted by molar-refractivity contribution is 5.08. The standard InChI is InChI=1S/C12H17N3O/c1-10-11(2)15(9-14-10)5-4-13-7-12-3-6-16-8-12/h3,6,8-9,13H,4-5,7H2,1-2H3. The maximum atomic E-state index is 5.00. The molecular formula is C12H17N3O. The van der Waals surface area contributed by atoms with Crippen molar-refractivity contribution in [3.63, 3.8) is 0 Å². The fourth-order valence-electron chi connectivity index (χ4n) is 1.60. The first-order valence-corrected chi connectivity index (χ1v) is 5.47. The molecule has 4 nitrogen and oxygen atoms in total. The molecule has 0 saturated heterocycles. The second-order valence-corrected chi connectivity index (χ2v) is 3.92. The van der Waals surface area contributed by atoms with E-state index >= 15 is 0 Å². The Labute approximate surface area is 95.3 Å². The van der Waals surface area contributed by atoms with Crippen molar-refractivity contribution in [3.05, 3.63) is 41.9 Å². The average molecular weight is 219 g/mol. The van der Waals surface area contributed by atoms with E-state index in [0.717, 1.165) is 25.3 Å². The lowest BCUT2D eigenvalue weighted by molar-refractivity contribution is 0.554. The number of furan rings is 1. The Balaban J connectivity index is 1.74. The van der Waals surface area contributed by atoms with Gasteiger partial charge >= 0.3 is 0 Å². The van der Waals surface area contributed by atoms with Crippen LogP contribution in [0.3, 0.4) is 0 Å². The third-order valence-electron chi connectivity index (χ3n) is 2.78. The minimum Gasteiger partial charge on any atom is -0.472 e. The van der Waals surface area contributed by atoms with Crippen molar-refractivity contribution >= 4 is 0 Å². The third kappa shape index (κ3) is 2.52. The fourth-order valence-corrected chi connectivity index (χ4v) is 1.60. The van der Waals surface area contributed by atoms with E-state index < -0.39 is 0 Å². The topological polar surface area (TPSA) is 43.0 Å². The molecule has 0 aromatic carbocycles. The maximum absolute atomic E-state index is 5.00. The molecule has 0 unspecified atom stereocenters. The zero-order chi connectivity index (χ0) is 11.4. The summed E-state index contributed by atoms with van der Waals surface area (Å²) >= 11 is 0. The maximum Gasteiger partial charge on any atom is 0.0951 e. The zero-order valence-electron chi connectivity index (χ0n) is 9.73. The van der Waals surface area contributed by atoms with E-state index in [2.05, 4.69) is 21.8 Å². The van der Waals surface area contributed by atoms with Gasteiger partial charge in [0.05, 0.1) is 24.5 Å². The monoisotopic (exact) mass is 219 g/mol. The van der Waals surface area contributed by atoms with Crippen LogP contribution in [0, 0.1) is 13.8 Å².